The van der Waals surface area contributed by atoms with Gasteiger partial charge in [0.25, 0.3) is 5.69 Å². The van der Waals surface area contributed by atoms with E-state index in [2.05, 4.69) is 9.73 Å². The lowest BCUT2D eigenvalue weighted by molar-refractivity contribution is -0.384. The monoisotopic (exact) mass is 494 g/mol. The summed E-state index contributed by atoms with van der Waals surface area (Å²) < 4.78 is 20.6. The summed E-state index contributed by atoms with van der Waals surface area (Å²) in [6.45, 7) is 1.66. The van der Waals surface area contributed by atoms with Crippen LogP contribution in [0.25, 0.3) is 6.08 Å². The molecule has 0 saturated carbocycles. The smallest absolute Gasteiger partial charge is 0.363 e. The van der Waals surface area contributed by atoms with E-state index in [0.29, 0.717) is 5.56 Å². The molecule has 1 aliphatic rings. The van der Waals surface area contributed by atoms with Crippen LogP contribution in [0.1, 0.15) is 18.1 Å². The van der Waals surface area contributed by atoms with Crippen LogP contribution in [-0.4, -0.2) is 43.1 Å². The van der Waals surface area contributed by atoms with E-state index in [9.17, 15) is 19.7 Å². The highest BCUT2D eigenvalue weighted by molar-refractivity contribution is 6.33. The number of cyclic esters (lactones) is 1. The molecule has 0 atom stereocenters. The Bertz CT molecular complexity index is 1190. The van der Waals surface area contributed by atoms with Gasteiger partial charge < -0.3 is 18.9 Å². The molecule has 0 spiro atoms. The lowest BCUT2D eigenvalue weighted by atomic mass is 10.1. The zero-order valence-corrected chi connectivity index (χ0v) is 18.8. The van der Waals surface area contributed by atoms with Gasteiger partial charge in [0.05, 0.1) is 23.7 Å². The minimum Gasteiger partial charge on any atom is -0.490 e. The van der Waals surface area contributed by atoms with Crippen molar-refractivity contribution in [1.29, 1.82) is 0 Å². The molecule has 3 rings (SSSR count). The second-order valence-corrected chi connectivity index (χ2v) is 7.20. The lowest BCUT2D eigenvalue weighted by Crippen LogP contribution is -2.13. The molecule has 0 aromatic heterocycles. The van der Waals surface area contributed by atoms with Crippen LogP contribution in [0.15, 0.2) is 41.0 Å². The minimum atomic E-state index is -0.761. The number of rotatable bonds is 8. The zero-order chi connectivity index (χ0) is 24.1. The third-order valence-corrected chi connectivity index (χ3v) is 4.81. The standard InChI is InChI=1S/C21H16Cl2N2O8/c1-3-31-17-8-11(6-14(23)19(17)32-10-18(26)30-2)7-15-21(27)33-20(24-15)12-4-5-13(22)16(9-12)25(28)29/h4-9H,3,10H2,1-2H3/b15-7-. The molecule has 172 valence electrons. The number of aliphatic imine (C=N–C) groups is 1. The first-order valence-corrected chi connectivity index (χ1v) is 10.1. The largest absolute Gasteiger partial charge is 0.490 e. The summed E-state index contributed by atoms with van der Waals surface area (Å²) in [7, 11) is 1.23. The summed E-state index contributed by atoms with van der Waals surface area (Å²) >= 11 is 12.1. The number of ether oxygens (including phenoxy) is 4. The summed E-state index contributed by atoms with van der Waals surface area (Å²) in [5.74, 6) is -1.09. The van der Waals surface area contributed by atoms with Crippen LogP contribution in [0.5, 0.6) is 11.5 Å². The topological polar surface area (TPSA) is 127 Å². The van der Waals surface area contributed by atoms with Gasteiger partial charge in [0.15, 0.2) is 23.8 Å². The molecule has 0 bridgehead atoms. The number of methoxy groups -OCH3 is 1. The number of halogens is 2. The van der Waals surface area contributed by atoms with Crippen molar-refractivity contribution in [2.45, 2.75) is 6.92 Å². The highest BCUT2D eigenvalue weighted by Gasteiger charge is 2.26. The van der Waals surface area contributed by atoms with E-state index < -0.39 is 16.9 Å². The quantitative estimate of drug-likeness (QED) is 0.231. The third kappa shape index (κ3) is 5.60. The van der Waals surface area contributed by atoms with Gasteiger partial charge in [0.2, 0.25) is 5.90 Å². The molecule has 0 aliphatic carbocycles. The third-order valence-electron chi connectivity index (χ3n) is 4.21. The van der Waals surface area contributed by atoms with Crippen molar-refractivity contribution in [3.05, 3.63) is 67.3 Å². The summed E-state index contributed by atoms with van der Waals surface area (Å²) in [6, 6.07) is 6.95. The highest BCUT2D eigenvalue weighted by atomic mass is 35.5. The molecule has 0 N–H and O–H groups in total. The van der Waals surface area contributed by atoms with Gasteiger partial charge in [-0.2, -0.15) is 0 Å². The van der Waals surface area contributed by atoms with Crippen LogP contribution in [0.2, 0.25) is 10.0 Å². The van der Waals surface area contributed by atoms with E-state index in [-0.39, 0.29) is 57.6 Å². The van der Waals surface area contributed by atoms with Crippen molar-refractivity contribution in [2.24, 2.45) is 4.99 Å². The fraction of sp³-hybridized carbons (Fsp3) is 0.190. The van der Waals surface area contributed by atoms with Gasteiger partial charge in [-0.1, -0.05) is 23.2 Å². The molecule has 33 heavy (non-hydrogen) atoms. The number of carbonyl (C=O) groups is 2. The fourth-order valence-corrected chi connectivity index (χ4v) is 3.20. The Kier molecular flexibility index (Phi) is 7.52. The molecule has 2 aromatic rings. The molecule has 0 fully saturated rings. The van der Waals surface area contributed by atoms with Gasteiger partial charge in [0.1, 0.15) is 5.02 Å². The second kappa shape index (κ2) is 10.3. The van der Waals surface area contributed by atoms with Crippen LogP contribution in [0.3, 0.4) is 0 Å². The van der Waals surface area contributed by atoms with Gasteiger partial charge in [-0.25, -0.2) is 14.6 Å². The van der Waals surface area contributed by atoms with E-state index in [0.717, 1.165) is 6.07 Å². The molecule has 0 saturated heterocycles. The normalized spacial score (nSPS) is 14.0. The van der Waals surface area contributed by atoms with Crippen LogP contribution < -0.4 is 9.47 Å². The maximum Gasteiger partial charge on any atom is 0.363 e. The number of hydrogen-bond donors (Lipinski definition) is 0. The molecular weight excluding hydrogens is 479 g/mol. The number of esters is 2. The molecule has 2 aromatic carbocycles. The Hall–Kier alpha value is -3.63. The molecule has 1 heterocycles. The molecule has 1 aliphatic heterocycles. The molecule has 10 nitrogen and oxygen atoms in total. The number of nitro groups is 1. The average Bonchev–Trinajstić information content (AvgIpc) is 3.13. The number of nitro benzene ring substituents is 1. The van der Waals surface area contributed by atoms with E-state index in [1.807, 2.05) is 0 Å². The van der Waals surface area contributed by atoms with Crippen molar-refractivity contribution >= 4 is 52.8 Å². The van der Waals surface area contributed by atoms with Crippen molar-refractivity contribution < 1.29 is 33.5 Å². The summed E-state index contributed by atoms with van der Waals surface area (Å²) in [5.41, 5.74) is 0.237. The molecule has 12 heteroatoms. The van der Waals surface area contributed by atoms with Gasteiger partial charge >= 0.3 is 11.9 Å². The van der Waals surface area contributed by atoms with Crippen molar-refractivity contribution in [1.82, 2.24) is 0 Å². The Labute approximate surface area is 197 Å². The van der Waals surface area contributed by atoms with E-state index in [1.54, 1.807) is 13.0 Å². The average molecular weight is 495 g/mol. The highest BCUT2D eigenvalue weighted by Crippen LogP contribution is 2.38. The maximum absolute atomic E-state index is 12.3. The Morgan fingerprint density at radius 3 is 2.64 bits per heavy atom. The molecule has 0 amide bonds. The van der Waals surface area contributed by atoms with E-state index in [1.165, 1.54) is 31.4 Å². The number of benzene rings is 2. The Morgan fingerprint density at radius 2 is 1.97 bits per heavy atom. The van der Waals surface area contributed by atoms with E-state index >= 15 is 0 Å². The van der Waals surface area contributed by atoms with Crippen LogP contribution in [-0.2, 0) is 19.1 Å². The summed E-state index contributed by atoms with van der Waals surface area (Å²) in [5, 5.41) is 11.2. The first kappa shape index (κ1) is 24.0. The van der Waals surface area contributed by atoms with Gasteiger partial charge in [0, 0.05) is 11.6 Å². The van der Waals surface area contributed by atoms with Crippen molar-refractivity contribution in [2.75, 3.05) is 20.3 Å². The lowest BCUT2D eigenvalue weighted by Gasteiger charge is -2.13. The first-order valence-electron chi connectivity index (χ1n) is 9.36. The number of carbonyl (C=O) groups excluding carboxylic acids is 2. The fourth-order valence-electron chi connectivity index (χ4n) is 2.74. The molecule has 0 radical (unpaired) electrons. The van der Waals surface area contributed by atoms with Gasteiger partial charge in [-0.15, -0.1) is 0 Å². The second-order valence-electron chi connectivity index (χ2n) is 6.39. The molecule has 0 unspecified atom stereocenters. The summed E-state index contributed by atoms with van der Waals surface area (Å²) in [6.07, 6.45) is 1.40. The van der Waals surface area contributed by atoms with Crippen LogP contribution >= 0.6 is 23.2 Å². The van der Waals surface area contributed by atoms with Crippen molar-refractivity contribution in [3.8, 4) is 11.5 Å². The maximum atomic E-state index is 12.3. The van der Waals surface area contributed by atoms with Gasteiger partial charge in [-0.05, 0) is 42.8 Å². The van der Waals surface area contributed by atoms with E-state index in [4.69, 9.17) is 37.4 Å². The van der Waals surface area contributed by atoms with Gasteiger partial charge in [-0.3, -0.25) is 10.1 Å². The van der Waals surface area contributed by atoms with Crippen LogP contribution in [0.4, 0.5) is 5.69 Å². The predicted octanol–water partition coefficient (Wildman–Crippen LogP) is 4.20. The minimum absolute atomic E-state index is 0.0583. The number of hydrogen-bond acceptors (Lipinski definition) is 9. The Morgan fingerprint density at radius 1 is 1.21 bits per heavy atom. The van der Waals surface area contributed by atoms with Crippen LogP contribution in [0, 0.1) is 10.1 Å². The zero-order valence-electron chi connectivity index (χ0n) is 17.3. The predicted molar refractivity (Wildman–Crippen MR) is 119 cm³/mol. The number of nitrogens with zero attached hydrogens (tertiary/aromatic N) is 2. The first-order chi connectivity index (χ1) is 15.7. The Balaban J connectivity index is 1.94. The molecular formula is C21H16Cl2N2O8. The summed E-state index contributed by atoms with van der Waals surface area (Å²) in [4.78, 5) is 38.3. The SMILES string of the molecule is CCOc1cc(/C=C2\N=C(c3ccc(Cl)c([N+](=O)[O-])c3)OC2=O)cc(Cl)c1OCC(=O)OC. The van der Waals surface area contributed by atoms with Crippen molar-refractivity contribution in [3.63, 3.8) is 0 Å².